The average molecular weight is 399 g/mol. The van der Waals surface area contributed by atoms with Crippen molar-refractivity contribution in [3.05, 3.63) is 58.1 Å². The zero-order chi connectivity index (χ0) is 21.4. The Morgan fingerprint density at radius 3 is 2.48 bits per heavy atom. The summed E-state index contributed by atoms with van der Waals surface area (Å²) in [6, 6.07) is 11.4. The monoisotopic (exact) mass is 399 g/mol. The molecule has 0 unspecified atom stereocenters. The van der Waals surface area contributed by atoms with Crippen molar-refractivity contribution in [2.75, 3.05) is 36.6 Å². The van der Waals surface area contributed by atoms with Crippen LogP contribution in [-0.4, -0.2) is 42.4 Å². The molecule has 0 saturated heterocycles. The first-order valence-corrected chi connectivity index (χ1v) is 9.14. The highest BCUT2D eigenvalue weighted by atomic mass is 16.6. The van der Waals surface area contributed by atoms with Gasteiger partial charge in [0.15, 0.2) is 0 Å². The van der Waals surface area contributed by atoms with Crippen molar-refractivity contribution in [3.63, 3.8) is 0 Å². The number of urea groups is 1. The summed E-state index contributed by atoms with van der Waals surface area (Å²) in [4.78, 5) is 36.0. The van der Waals surface area contributed by atoms with E-state index in [2.05, 4.69) is 16.0 Å². The van der Waals surface area contributed by atoms with Crippen LogP contribution in [0.25, 0.3) is 0 Å². The zero-order valence-electron chi connectivity index (χ0n) is 16.7. The van der Waals surface area contributed by atoms with E-state index in [0.29, 0.717) is 30.0 Å². The maximum atomic E-state index is 12.2. The van der Waals surface area contributed by atoms with Gasteiger partial charge in [-0.2, -0.15) is 0 Å². The number of rotatable bonds is 8. The van der Waals surface area contributed by atoms with Gasteiger partial charge in [-0.05, 0) is 37.1 Å². The number of para-hydroxylation sites is 2. The SMILES string of the molecule is Cc1ccc(NC(=O)CCCNc2ccccc2[N+](=O)[O-])cc1NC(=O)N(C)C. The van der Waals surface area contributed by atoms with Crippen LogP contribution < -0.4 is 16.0 Å². The second-order valence-electron chi connectivity index (χ2n) is 6.71. The highest BCUT2D eigenvalue weighted by Crippen LogP contribution is 2.23. The summed E-state index contributed by atoms with van der Waals surface area (Å²) in [6.45, 7) is 2.29. The van der Waals surface area contributed by atoms with Crippen LogP contribution in [0.15, 0.2) is 42.5 Å². The predicted octanol–water partition coefficient (Wildman–Crippen LogP) is 3.83. The molecule has 29 heavy (non-hydrogen) atoms. The molecule has 0 aliphatic heterocycles. The lowest BCUT2D eigenvalue weighted by Crippen LogP contribution is -2.27. The molecular formula is C20H25N5O4. The first kappa shape index (κ1) is 21.7. The van der Waals surface area contributed by atoms with Crippen LogP contribution >= 0.6 is 0 Å². The Balaban J connectivity index is 1.85. The number of carbonyl (C=O) groups is 2. The van der Waals surface area contributed by atoms with Crippen molar-refractivity contribution in [1.82, 2.24) is 4.90 Å². The molecule has 2 aromatic carbocycles. The number of hydrogen-bond donors (Lipinski definition) is 3. The summed E-state index contributed by atoms with van der Waals surface area (Å²) >= 11 is 0. The highest BCUT2D eigenvalue weighted by Gasteiger charge is 2.12. The quantitative estimate of drug-likeness (QED) is 0.354. The average Bonchev–Trinajstić information content (AvgIpc) is 2.68. The van der Waals surface area contributed by atoms with Gasteiger partial charge in [0, 0.05) is 44.5 Å². The lowest BCUT2D eigenvalue weighted by atomic mass is 10.1. The Hall–Kier alpha value is -3.62. The number of aryl methyl sites for hydroxylation is 1. The molecule has 0 heterocycles. The molecule has 2 rings (SSSR count). The number of nitrogens with zero attached hydrogens (tertiary/aromatic N) is 2. The van der Waals surface area contributed by atoms with Gasteiger partial charge in [0.25, 0.3) is 5.69 Å². The van der Waals surface area contributed by atoms with Crippen LogP contribution in [0.1, 0.15) is 18.4 Å². The van der Waals surface area contributed by atoms with Gasteiger partial charge < -0.3 is 20.9 Å². The van der Waals surface area contributed by atoms with Gasteiger partial charge in [-0.25, -0.2) is 4.79 Å². The summed E-state index contributed by atoms with van der Waals surface area (Å²) in [7, 11) is 3.29. The molecule has 3 N–H and O–H groups in total. The van der Waals surface area contributed by atoms with Gasteiger partial charge in [0.1, 0.15) is 5.69 Å². The van der Waals surface area contributed by atoms with Gasteiger partial charge in [-0.1, -0.05) is 18.2 Å². The molecule has 0 fully saturated rings. The van der Waals surface area contributed by atoms with E-state index in [1.807, 2.05) is 13.0 Å². The topological polar surface area (TPSA) is 117 Å². The second kappa shape index (κ2) is 10.1. The number of carbonyl (C=O) groups excluding carboxylic acids is 2. The van der Waals surface area contributed by atoms with Gasteiger partial charge in [-0.15, -0.1) is 0 Å². The summed E-state index contributed by atoms with van der Waals surface area (Å²) in [5.74, 6) is -0.178. The summed E-state index contributed by atoms with van der Waals surface area (Å²) in [5, 5.41) is 19.6. The van der Waals surface area contributed by atoms with E-state index < -0.39 is 4.92 Å². The van der Waals surface area contributed by atoms with E-state index in [1.54, 1.807) is 44.4 Å². The fourth-order valence-electron chi connectivity index (χ4n) is 2.54. The minimum Gasteiger partial charge on any atom is -0.379 e. The highest BCUT2D eigenvalue weighted by molar-refractivity contribution is 5.94. The van der Waals surface area contributed by atoms with Crippen LogP contribution in [-0.2, 0) is 4.79 Å². The third-order valence-electron chi connectivity index (χ3n) is 4.17. The Bertz CT molecular complexity index is 898. The molecule has 9 nitrogen and oxygen atoms in total. The van der Waals surface area contributed by atoms with E-state index in [4.69, 9.17) is 0 Å². The van der Waals surface area contributed by atoms with Crippen molar-refractivity contribution in [3.8, 4) is 0 Å². The molecule has 0 atom stereocenters. The third-order valence-corrected chi connectivity index (χ3v) is 4.17. The minimum atomic E-state index is -0.445. The van der Waals surface area contributed by atoms with E-state index in [1.165, 1.54) is 11.0 Å². The number of benzene rings is 2. The molecule has 3 amide bonds. The molecule has 0 spiro atoms. The lowest BCUT2D eigenvalue weighted by molar-refractivity contribution is -0.384. The first-order chi connectivity index (χ1) is 13.8. The van der Waals surface area contributed by atoms with Crippen LogP contribution in [0.3, 0.4) is 0 Å². The maximum absolute atomic E-state index is 12.2. The van der Waals surface area contributed by atoms with Gasteiger partial charge in [-0.3, -0.25) is 14.9 Å². The number of nitrogens with one attached hydrogen (secondary N) is 3. The van der Waals surface area contributed by atoms with E-state index >= 15 is 0 Å². The fraction of sp³-hybridized carbons (Fsp3) is 0.300. The van der Waals surface area contributed by atoms with Crippen LogP contribution in [0.5, 0.6) is 0 Å². The Morgan fingerprint density at radius 1 is 1.07 bits per heavy atom. The second-order valence-corrected chi connectivity index (χ2v) is 6.71. The van der Waals surface area contributed by atoms with Crippen LogP contribution in [0.2, 0.25) is 0 Å². The molecular weight excluding hydrogens is 374 g/mol. The molecule has 0 saturated carbocycles. The van der Waals surface area contributed by atoms with Gasteiger partial charge in [0.05, 0.1) is 4.92 Å². The molecule has 0 radical (unpaired) electrons. The van der Waals surface area contributed by atoms with Crippen molar-refractivity contribution in [2.24, 2.45) is 0 Å². The largest absolute Gasteiger partial charge is 0.379 e. The zero-order valence-corrected chi connectivity index (χ0v) is 16.7. The maximum Gasteiger partial charge on any atom is 0.321 e. The first-order valence-electron chi connectivity index (χ1n) is 9.14. The van der Waals surface area contributed by atoms with Crippen LogP contribution in [0.4, 0.5) is 27.5 Å². The number of nitro groups is 1. The Kier molecular flexibility index (Phi) is 7.53. The van der Waals surface area contributed by atoms with Crippen LogP contribution in [0, 0.1) is 17.0 Å². The predicted molar refractivity (Wildman–Crippen MR) is 113 cm³/mol. The molecule has 9 heteroatoms. The van der Waals surface area contributed by atoms with Crippen molar-refractivity contribution in [2.45, 2.75) is 19.8 Å². The van der Waals surface area contributed by atoms with E-state index in [0.717, 1.165) is 5.56 Å². The number of nitro benzene ring substituents is 1. The molecule has 2 aromatic rings. The fourth-order valence-corrected chi connectivity index (χ4v) is 2.54. The normalized spacial score (nSPS) is 10.2. The smallest absolute Gasteiger partial charge is 0.321 e. The molecule has 0 aliphatic carbocycles. The molecule has 0 bridgehead atoms. The van der Waals surface area contributed by atoms with Crippen molar-refractivity contribution in [1.29, 1.82) is 0 Å². The summed E-state index contributed by atoms with van der Waals surface area (Å²) in [6.07, 6.45) is 0.759. The Labute approximate surface area is 169 Å². The van der Waals surface area contributed by atoms with E-state index in [-0.39, 0.29) is 24.0 Å². The summed E-state index contributed by atoms with van der Waals surface area (Å²) < 4.78 is 0. The number of anilines is 3. The molecule has 0 aromatic heterocycles. The number of amides is 3. The van der Waals surface area contributed by atoms with Gasteiger partial charge in [0.2, 0.25) is 5.91 Å². The summed E-state index contributed by atoms with van der Waals surface area (Å²) in [5.41, 5.74) is 2.52. The number of hydrogen-bond acceptors (Lipinski definition) is 5. The molecule has 0 aliphatic rings. The Morgan fingerprint density at radius 2 is 1.79 bits per heavy atom. The van der Waals surface area contributed by atoms with Crippen molar-refractivity contribution >= 4 is 34.7 Å². The molecule has 154 valence electrons. The van der Waals surface area contributed by atoms with Crippen molar-refractivity contribution < 1.29 is 14.5 Å². The standard InChI is InChI=1S/C20H25N5O4/c1-14-10-11-15(13-17(14)23-20(27)24(2)3)22-19(26)9-6-12-21-16-7-4-5-8-18(16)25(28)29/h4-5,7-8,10-11,13,21H,6,9,12H2,1-3H3,(H,22,26)(H,23,27). The van der Waals surface area contributed by atoms with E-state index in [9.17, 15) is 19.7 Å². The minimum absolute atomic E-state index is 0.00362. The third kappa shape index (κ3) is 6.49. The lowest BCUT2D eigenvalue weighted by Gasteiger charge is -2.15. The van der Waals surface area contributed by atoms with Gasteiger partial charge >= 0.3 is 6.03 Å².